The van der Waals surface area contributed by atoms with Gasteiger partial charge in [-0.15, -0.1) is 11.6 Å². The fourth-order valence-electron chi connectivity index (χ4n) is 2.81. The quantitative estimate of drug-likeness (QED) is 0.791. The molecule has 3 rings (SSSR count). The van der Waals surface area contributed by atoms with E-state index in [1.54, 1.807) is 0 Å². The Labute approximate surface area is 124 Å². The largest absolute Gasteiger partial charge is 0.377 e. The molecule has 2 heterocycles. The Hall–Kier alpha value is -1.32. The Kier molecular flexibility index (Phi) is 3.57. The van der Waals surface area contributed by atoms with Gasteiger partial charge in [-0.1, -0.05) is 18.2 Å². The van der Waals surface area contributed by atoms with Gasteiger partial charge in [0, 0.05) is 17.6 Å². The second-order valence-electron chi connectivity index (χ2n) is 5.80. The van der Waals surface area contributed by atoms with Crippen molar-refractivity contribution in [1.29, 1.82) is 0 Å². The average Bonchev–Trinajstić information content (AvgIpc) is 2.46. The van der Waals surface area contributed by atoms with Gasteiger partial charge in [-0.2, -0.15) is 0 Å². The van der Waals surface area contributed by atoms with Crippen molar-refractivity contribution in [3.05, 3.63) is 36.0 Å². The fourth-order valence-corrected chi connectivity index (χ4v) is 2.94. The number of aromatic nitrogens is 1. The fraction of sp³-hybridized carbons (Fsp3) is 0.438. The Balaban J connectivity index is 2.18. The number of rotatable bonds is 2. The van der Waals surface area contributed by atoms with Crippen LogP contribution in [0, 0.1) is 0 Å². The van der Waals surface area contributed by atoms with E-state index in [0.717, 1.165) is 31.0 Å². The van der Waals surface area contributed by atoms with Crippen LogP contribution in [0.2, 0.25) is 0 Å². The third-order valence-electron chi connectivity index (χ3n) is 3.82. The first-order valence-electron chi connectivity index (χ1n) is 6.92. The van der Waals surface area contributed by atoms with Crippen LogP contribution in [0.25, 0.3) is 10.9 Å². The van der Waals surface area contributed by atoms with Crippen LogP contribution in [0.15, 0.2) is 30.3 Å². The SMILES string of the molecule is CC1(C)COCCN1c1cc(CCl)nc2ccccc12. The minimum atomic E-state index is -0.0219. The highest BCUT2D eigenvalue weighted by Gasteiger charge is 2.31. The minimum absolute atomic E-state index is 0.0219. The van der Waals surface area contributed by atoms with E-state index in [2.05, 4.69) is 41.9 Å². The molecule has 0 radical (unpaired) electrons. The number of morpholine rings is 1. The molecule has 0 unspecified atom stereocenters. The zero-order valence-corrected chi connectivity index (χ0v) is 12.7. The molecular formula is C16H19ClN2O. The Morgan fingerprint density at radius 1 is 1.35 bits per heavy atom. The van der Waals surface area contributed by atoms with Crippen molar-refractivity contribution in [2.45, 2.75) is 25.3 Å². The summed E-state index contributed by atoms with van der Waals surface area (Å²) in [6.45, 7) is 6.81. The van der Waals surface area contributed by atoms with E-state index in [1.807, 2.05) is 12.1 Å². The van der Waals surface area contributed by atoms with Gasteiger partial charge in [-0.3, -0.25) is 4.98 Å². The zero-order chi connectivity index (χ0) is 14.2. The van der Waals surface area contributed by atoms with E-state index in [9.17, 15) is 0 Å². The number of benzene rings is 1. The molecule has 0 saturated carbocycles. The maximum Gasteiger partial charge on any atom is 0.0726 e. The van der Waals surface area contributed by atoms with Crippen LogP contribution >= 0.6 is 11.6 Å². The van der Waals surface area contributed by atoms with E-state index in [-0.39, 0.29) is 5.54 Å². The van der Waals surface area contributed by atoms with Crippen LogP contribution in [-0.2, 0) is 10.6 Å². The number of hydrogen-bond acceptors (Lipinski definition) is 3. The Bertz CT molecular complexity index is 627. The first-order valence-corrected chi connectivity index (χ1v) is 7.45. The van der Waals surface area contributed by atoms with Crippen LogP contribution in [0.5, 0.6) is 0 Å². The molecular weight excluding hydrogens is 272 g/mol. The number of anilines is 1. The lowest BCUT2D eigenvalue weighted by atomic mass is 10.00. The normalized spacial score (nSPS) is 18.4. The molecule has 1 aromatic carbocycles. The molecule has 3 nitrogen and oxygen atoms in total. The highest BCUT2D eigenvalue weighted by atomic mass is 35.5. The zero-order valence-electron chi connectivity index (χ0n) is 11.9. The van der Waals surface area contributed by atoms with Gasteiger partial charge in [0.15, 0.2) is 0 Å². The van der Waals surface area contributed by atoms with Gasteiger partial charge >= 0.3 is 0 Å². The molecule has 0 bridgehead atoms. The number of fused-ring (bicyclic) bond motifs is 1. The summed E-state index contributed by atoms with van der Waals surface area (Å²) >= 11 is 6.00. The van der Waals surface area contributed by atoms with Gasteiger partial charge < -0.3 is 9.64 Å². The van der Waals surface area contributed by atoms with Crippen molar-refractivity contribution < 1.29 is 4.74 Å². The lowest BCUT2D eigenvalue weighted by Crippen LogP contribution is -2.53. The van der Waals surface area contributed by atoms with E-state index in [4.69, 9.17) is 16.3 Å². The van der Waals surface area contributed by atoms with Crippen molar-refractivity contribution in [3.8, 4) is 0 Å². The molecule has 2 aromatic rings. The molecule has 1 aromatic heterocycles. The predicted molar refractivity (Wildman–Crippen MR) is 83.5 cm³/mol. The van der Waals surface area contributed by atoms with Crippen molar-refractivity contribution in [2.75, 3.05) is 24.7 Å². The highest BCUT2D eigenvalue weighted by molar-refractivity contribution is 6.17. The van der Waals surface area contributed by atoms with Crippen LogP contribution < -0.4 is 4.90 Å². The summed E-state index contributed by atoms with van der Waals surface area (Å²) in [5.74, 6) is 0.433. The standard InChI is InChI=1S/C16H19ClN2O/c1-16(2)11-20-8-7-19(16)15-9-12(10-17)18-14-6-4-3-5-13(14)15/h3-6,9H,7-8,10-11H2,1-2H3. The van der Waals surface area contributed by atoms with Crippen molar-refractivity contribution >= 4 is 28.2 Å². The van der Waals surface area contributed by atoms with Crippen molar-refractivity contribution in [3.63, 3.8) is 0 Å². The molecule has 20 heavy (non-hydrogen) atoms. The molecule has 0 spiro atoms. The molecule has 0 N–H and O–H groups in total. The summed E-state index contributed by atoms with van der Waals surface area (Å²) in [5, 5.41) is 1.18. The second-order valence-corrected chi connectivity index (χ2v) is 6.07. The topological polar surface area (TPSA) is 25.4 Å². The number of hydrogen-bond donors (Lipinski definition) is 0. The van der Waals surface area contributed by atoms with Gasteiger partial charge in [0.1, 0.15) is 0 Å². The van der Waals surface area contributed by atoms with E-state index < -0.39 is 0 Å². The Morgan fingerprint density at radius 2 is 2.15 bits per heavy atom. The van der Waals surface area contributed by atoms with Crippen molar-refractivity contribution in [1.82, 2.24) is 4.98 Å². The minimum Gasteiger partial charge on any atom is -0.377 e. The van der Waals surface area contributed by atoms with Gasteiger partial charge in [0.2, 0.25) is 0 Å². The lowest BCUT2D eigenvalue weighted by molar-refractivity contribution is 0.0645. The van der Waals surface area contributed by atoms with E-state index >= 15 is 0 Å². The highest BCUT2D eigenvalue weighted by Crippen LogP contribution is 2.33. The maximum atomic E-state index is 6.00. The molecule has 0 atom stereocenters. The Morgan fingerprint density at radius 3 is 2.90 bits per heavy atom. The number of para-hydroxylation sites is 1. The molecule has 1 fully saturated rings. The van der Waals surface area contributed by atoms with E-state index in [0.29, 0.717) is 5.88 Å². The first kappa shape index (κ1) is 13.7. The van der Waals surface area contributed by atoms with Crippen LogP contribution in [0.1, 0.15) is 19.5 Å². The lowest BCUT2D eigenvalue weighted by Gasteiger charge is -2.44. The van der Waals surface area contributed by atoms with Gasteiger partial charge in [-0.25, -0.2) is 0 Å². The average molecular weight is 291 g/mol. The molecule has 1 aliphatic rings. The monoisotopic (exact) mass is 290 g/mol. The van der Waals surface area contributed by atoms with E-state index in [1.165, 1.54) is 11.1 Å². The molecule has 0 aliphatic carbocycles. The molecule has 4 heteroatoms. The van der Waals surface area contributed by atoms with Gasteiger partial charge in [-0.05, 0) is 26.0 Å². The molecule has 1 saturated heterocycles. The molecule has 1 aliphatic heterocycles. The predicted octanol–water partition coefficient (Wildman–Crippen LogP) is 3.59. The number of nitrogens with zero attached hydrogens (tertiary/aromatic N) is 2. The van der Waals surface area contributed by atoms with Crippen LogP contribution in [-0.4, -0.2) is 30.3 Å². The number of halogens is 1. The van der Waals surface area contributed by atoms with Gasteiger partial charge in [0.25, 0.3) is 0 Å². The second kappa shape index (κ2) is 5.23. The summed E-state index contributed by atoms with van der Waals surface area (Å²) < 4.78 is 5.62. The van der Waals surface area contributed by atoms with Crippen molar-refractivity contribution in [2.24, 2.45) is 0 Å². The summed E-state index contributed by atoms with van der Waals surface area (Å²) in [7, 11) is 0. The van der Waals surface area contributed by atoms with Crippen LogP contribution in [0.4, 0.5) is 5.69 Å². The summed E-state index contributed by atoms with van der Waals surface area (Å²) in [5.41, 5.74) is 3.11. The van der Waals surface area contributed by atoms with Crippen LogP contribution in [0.3, 0.4) is 0 Å². The number of alkyl halides is 1. The molecule has 106 valence electrons. The van der Waals surface area contributed by atoms with Gasteiger partial charge in [0.05, 0.1) is 35.8 Å². The summed E-state index contributed by atoms with van der Waals surface area (Å²) in [4.78, 5) is 7.02. The third kappa shape index (κ3) is 2.36. The number of pyridine rings is 1. The number of ether oxygens (including phenoxy) is 1. The maximum absolute atomic E-state index is 6.00. The third-order valence-corrected chi connectivity index (χ3v) is 4.09. The summed E-state index contributed by atoms with van der Waals surface area (Å²) in [6, 6.07) is 10.4. The first-order chi connectivity index (χ1) is 9.62. The summed E-state index contributed by atoms with van der Waals surface area (Å²) in [6.07, 6.45) is 0. The molecule has 0 amide bonds. The smallest absolute Gasteiger partial charge is 0.0726 e.